The molecule has 2 N–H and O–H groups in total. The normalized spacial score (nSPS) is 11.6. The quantitative estimate of drug-likeness (QED) is 0.322. The molecule has 0 unspecified atom stereocenters. The average Bonchev–Trinajstić information content (AvgIpc) is 2.91. The highest BCUT2D eigenvalue weighted by Gasteiger charge is 2.28. The molecular formula is C27H30ClN3O7S2. The van der Waals surface area contributed by atoms with Crippen LogP contribution in [-0.2, 0) is 36.1 Å². The molecule has 3 rings (SSSR count). The van der Waals surface area contributed by atoms with Crippen molar-refractivity contribution in [3.8, 4) is 0 Å². The number of anilines is 1. The Labute approximate surface area is 239 Å². The van der Waals surface area contributed by atoms with E-state index in [0.717, 1.165) is 9.87 Å². The molecule has 0 bridgehead atoms. The monoisotopic (exact) mass is 607 g/mol. The molecule has 0 spiro atoms. The molecule has 3 aromatic carbocycles. The number of benzene rings is 3. The Morgan fingerprint density at radius 3 is 2.20 bits per heavy atom. The van der Waals surface area contributed by atoms with E-state index < -0.39 is 38.4 Å². The van der Waals surface area contributed by atoms with Crippen molar-refractivity contribution in [2.75, 3.05) is 30.3 Å². The lowest BCUT2D eigenvalue weighted by Gasteiger charge is -2.26. The number of hydrogen-bond donors (Lipinski definition) is 2. The number of hydrogen-bond acceptors (Lipinski definition) is 7. The van der Waals surface area contributed by atoms with Crippen LogP contribution >= 0.6 is 11.6 Å². The lowest BCUT2D eigenvalue weighted by Crippen LogP contribution is -2.41. The minimum Gasteiger partial charge on any atom is -0.384 e. The van der Waals surface area contributed by atoms with E-state index in [1.54, 1.807) is 49.4 Å². The lowest BCUT2D eigenvalue weighted by atomic mass is 10.1. The molecule has 13 heteroatoms. The minimum atomic E-state index is -4.11. The van der Waals surface area contributed by atoms with Gasteiger partial charge in [0.25, 0.3) is 15.9 Å². The third kappa shape index (κ3) is 8.04. The highest BCUT2D eigenvalue weighted by atomic mass is 35.5. The number of methoxy groups -OCH3 is 1. The molecule has 0 fully saturated rings. The van der Waals surface area contributed by atoms with Crippen LogP contribution in [0.4, 0.5) is 5.69 Å². The van der Waals surface area contributed by atoms with Gasteiger partial charge in [-0.2, -0.15) is 0 Å². The van der Waals surface area contributed by atoms with Gasteiger partial charge in [-0.3, -0.25) is 13.9 Å². The molecule has 0 atom stereocenters. The van der Waals surface area contributed by atoms with Crippen LogP contribution in [0.2, 0.25) is 5.02 Å². The summed E-state index contributed by atoms with van der Waals surface area (Å²) in [7, 11) is -6.60. The third-order valence-corrected chi connectivity index (χ3v) is 9.30. The van der Waals surface area contributed by atoms with Gasteiger partial charge in [0.1, 0.15) is 6.54 Å². The number of carbonyl (C=O) groups is 2. The molecule has 40 heavy (non-hydrogen) atoms. The minimum absolute atomic E-state index is 0.0309. The molecule has 0 saturated carbocycles. The van der Waals surface area contributed by atoms with Gasteiger partial charge in [-0.15, -0.1) is 0 Å². The fourth-order valence-corrected chi connectivity index (χ4v) is 6.15. The molecule has 3 aromatic rings. The van der Waals surface area contributed by atoms with Gasteiger partial charge >= 0.3 is 0 Å². The fourth-order valence-electron chi connectivity index (χ4n) is 3.61. The zero-order chi connectivity index (χ0) is 29.5. The SMILES string of the molecule is COCCS(=O)(=O)NC(=O)c1ccc(CNC(=O)CN(c2cccc(Cl)c2C)S(=O)(=O)c2ccc(C)cc2)cc1. The van der Waals surface area contributed by atoms with E-state index in [1.165, 1.54) is 31.4 Å². The Morgan fingerprint density at radius 2 is 1.57 bits per heavy atom. The average molecular weight is 608 g/mol. The van der Waals surface area contributed by atoms with Crippen LogP contribution in [-0.4, -0.2) is 54.7 Å². The maximum Gasteiger partial charge on any atom is 0.264 e. The smallest absolute Gasteiger partial charge is 0.264 e. The first kappa shape index (κ1) is 31.1. The van der Waals surface area contributed by atoms with Gasteiger partial charge in [-0.05, 0) is 61.4 Å². The molecule has 0 radical (unpaired) electrons. The molecule has 2 amide bonds. The van der Waals surface area contributed by atoms with Crippen LogP contribution in [0, 0.1) is 13.8 Å². The highest BCUT2D eigenvalue weighted by molar-refractivity contribution is 7.93. The second-order valence-electron chi connectivity index (χ2n) is 8.93. The molecular weight excluding hydrogens is 578 g/mol. The van der Waals surface area contributed by atoms with Crippen LogP contribution < -0.4 is 14.3 Å². The number of rotatable bonds is 12. The number of sulfonamides is 2. The molecule has 0 aliphatic carbocycles. The molecule has 0 saturated heterocycles. The second-order valence-corrected chi connectivity index (χ2v) is 13.0. The van der Waals surface area contributed by atoms with E-state index in [4.69, 9.17) is 16.3 Å². The molecule has 10 nitrogen and oxygen atoms in total. The van der Waals surface area contributed by atoms with E-state index in [-0.39, 0.29) is 35.1 Å². The van der Waals surface area contributed by atoms with Crippen molar-refractivity contribution in [3.05, 3.63) is 94.0 Å². The first-order chi connectivity index (χ1) is 18.8. The molecule has 0 aromatic heterocycles. The standard InChI is InChI=1S/C27H30ClN3O7S2/c1-19-7-13-23(14-8-19)40(36,37)31(25-6-4-5-24(28)20(25)2)18-26(32)29-17-21-9-11-22(12-10-21)27(33)30-39(34,35)16-15-38-3/h4-14H,15-18H2,1-3H3,(H,29,32)(H,30,33). The van der Waals surface area contributed by atoms with Crippen molar-refractivity contribution in [1.29, 1.82) is 0 Å². The van der Waals surface area contributed by atoms with E-state index >= 15 is 0 Å². The van der Waals surface area contributed by atoms with Gasteiger partial charge in [0, 0.05) is 24.2 Å². The molecule has 0 heterocycles. The van der Waals surface area contributed by atoms with Gasteiger partial charge in [-0.1, -0.05) is 47.5 Å². The summed E-state index contributed by atoms with van der Waals surface area (Å²) in [6.45, 7) is 3.00. The van der Waals surface area contributed by atoms with Crippen molar-refractivity contribution in [3.63, 3.8) is 0 Å². The van der Waals surface area contributed by atoms with E-state index in [9.17, 15) is 26.4 Å². The maximum absolute atomic E-state index is 13.6. The lowest BCUT2D eigenvalue weighted by molar-refractivity contribution is -0.119. The summed E-state index contributed by atoms with van der Waals surface area (Å²) in [4.78, 5) is 25.3. The van der Waals surface area contributed by atoms with E-state index in [2.05, 4.69) is 5.32 Å². The zero-order valence-electron chi connectivity index (χ0n) is 22.2. The summed E-state index contributed by atoms with van der Waals surface area (Å²) in [5, 5.41) is 3.05. The largest absolute Gasteiger partial charge is 0.384 e. The Bertz CT molecular complexity index is 1580. The van der Waals surface area contributed by atoms with Crippen molar-refractivity contribution in [2.24, 2.45) is 0 Å². The van der Waals surface area contributed by atoms with Crippen molar-refractivity contribution < 1.29 is 31.2 Å². The summed E-state index contributed by atoms with van der Waals surface area (Å²) in [5.74, 6) is -1.72. The van der Waals surface area contributed by atoms with Crippen LogP contribution in [0.1, 0.15) is 27.0 Å². The van der Waals surface area contributed by atoms with Crippen LogP contribution in [0.5, 0.6) is 0 Å². The van der Waals surface area contributed by atoms with Gasteiger partial charge in [0.2, 0.25) is 15.9 Å². The van der Waals surface area contributed by atoms with Crippen molar-refractivity contribution >= 4 is 49.1 Å². The topological polar surface area (TPSA) is 139 Å². The number of halogens is 1. The van der Waals surface area contributed by atoms with E-state index in [1.807, 2.05) is 11.6 Å². The zero-order valence-corrected chi connectivity index (χ0v) is 24.6. The fraction of sp³-hybridized carbons (Fsp3) is 0.259. The maximum atomic E-state index is 13.6. The van der Waals surface area contributed by atoms with Gasteiger partial charge in [0.05, 0.1) is 22.9 Å². The van der Waals surface area contributed by atoms with E-state index in [0.29, 0.717) is 16.1 Å². The first-order valence-electron chi connectivity index (χ1n) is 12.1. The third-order valence-electron chi connectivity index (χ3n) is 5.91. The van der Waals surface area contributed by atoms with Gasteiger partial charge in [-0.25, -0.2) is 21.6 Å². The number of ether oxygens (including phenoxy) is 1. The molecule has 214 valence electrons. The molecule has 0 aliphatic heterocycles. The summed E-state index contributed by atoms with van der Waals surface area (Å²) in [6, 6.07) is 17.1. The van der Waals surface area contributed by atoms with Crippen molar-refractivity contribution in [2.45, 2.75) is 25.3 Å². The summed E-state index contributed by atoms with van der Waals surface area (Å²) in [6.07, 6.45) is 0. The Morgan fingerprint density at radius 1 is 0.925 bits per heavy atom. The summed E-state index contributed by atoms with van der Waals surface area (Å²) in [5.41, 5.74) is 2.39. The second kappa shape index (κ2) is 13.3. The van der Waals surface area contributed by atoms with Crippen molar-refractivity contribution in [1.82, 2.24) is 10.0 Å². The number of carbonyl (C=O) groups excluding carboxylic acids is 2. The predicted molar refractivity (Wildman–Crippen MR) is 153 cm³/mol. The molecule has 0 aliphatic rings. The van der Waals surface area contributed by atoms with Gasteiger partial charge in [0.15, 0.2) is 0 Å². The van der Waals surface area contributed by atoms with Crippen LogP contribution in [0.15, 0.2) is 71.6 Å². The summed E-state index contributed by atoms with van der Waals surface area (Å²) >= 11 is 6.26. The number of nitrogens with zero attached hydrogens (tertiary/aromatic N) is 1. The Hall–Kier alpha value is -3.45. The number of nitrogens with one attached hydrogen (secondary N) is 2. The Kier molecular flexibility index (Phi) is 10.3. The predicted octanol–water partition coefficient (Wildman–Crippen LogP) is 3.17. The number of amides is 2. The first-order valence-corrected chi connectivity index (χ1v) is 15.5. The highest BCUT2D eigenvalue weighted by Crippen LogP contribution is 2.30. The van der Waals surface area contributed by atoms with Crippen LogP contribution in [0.25, 0.3) is 0 Å². The summed E-state index contributed by atoms with van der Waals surface area (Å²) < 4.78 is 58.7. The Balaban J connectivity index is 1.73. The number of aryl methyl sites for hydroxylation is 1. The van der Waals surface area contributed by atoms with Crippen LogP contribution in [0.3, 0.4) is 0 Å². The van der Waals surface area contributed by atoms with Gasteiger partial charge < -0.3 is 10.1 Å².